The van der Waals surface area contributed by atoms with Crippen LogP contribution in [0.2, 0.25) is 0 Å². The van der Waals surface area contributed by atoms with Crippen molar-refractivity contribution in [3.63, 3.8) is 0 Å². The molecule has 0 unspecified atom stereocenters. The molecule has 1 amide bonds. The van der Waals surface area contributed by atoms with Crippen molar-refractivity contribution in [2.75, 3.05) is 6.54 Å². The van der Waals surface area contributed by atoms with E-state index in [0.717, 1.165) is 6.42 Å². The maximum atomic E-state index is 12.3. The highest BCUT2D eigenvalue weighted by Gasteiger charge is 2.13. The highest BCUT2D eigenvalue weighted by molar-refractivity contribution is 5.97. The van der Waals surface area contributed by atoms with E-state index in [1.807, 2.05) is 17.7 Å². The van der Waals surface area contributed by atoms with Gasteiger partial charge in [-0.1, -0.05) is 0 Å². The molecule has 3 aromatic rings. The molecule has 0 bridgehead atoms. The number of aromatic nitrogens is 6. The van der Waals surface area contributed by atoms with Crippen LogP contribution in [-0.2, 0) is 0 Å². The van der Waals surface area contributed by atoms with Gasteiger partial charge in [-0.15, -0.1) is 5.10 Å². The number of carbonyl (C=O) groups is 1. The molecule has 2 aromatic heterocycles. The number of amides is 1. The molecule has 124 valence electrons. The third kappa shape index (κ3) is 3.40. The van der Waals surface area contributed by atoms with E-state index in [1.165, 1.54) is 17.1 Å². The summed E-state index contributed by atoms with van der Waals surface area (Å²) in [5.74, 6) is -0.438. The topological polar surface area (TPSA) is 111 Å². The minimum Gasteiger partial charge on any atom is -0.507 e. The number of nitrogens with zero attached hydrogens (tertiary/aromatic N) is 6. The first-order valence-corrected chi connectivity index (χ1v) is 7.47. The number of phenolic OH excluding ortho intramolecular Hbond substituents is 1. The van der Waals surface area contributed by atoms with Crippen LogP contribution in [0.25, 0.3) is 5.69 Å². The van der Waals surface area contributed by atoms with Gasteiger partial charge in [-0.05, 0) is 42.0 Å². The largest absolute Gasteiger partial charge is 0.507 e. The lowest BCUT2D eigenvalue weighted by atomic mass is 10.1. The third-order valence-corrected chi connectivity index (χ3v) is 3.72. The van der Waals surface area contributed by atoms with Crippen molar-refractivity contribution in [1.82, 2.24) is 35.1 Å². The molecule has 9 nitrogen and oxygen atoms in total. The Balaban J connectivity index is 1.63. The first-order valence-electron chi connectivity index (χ1n) is 7.47. The quantitative estimate of drug-likeness (QED) is 0.697. The number of imidazole rings is 1. The monoisotopic (exact) mass is 327 g/mol. The number of phenols is 1. The molecule has 3 rings (SSSR count). The molecule has 2 heterocycles. The molecule has 24 heavy (non-hydrogen) atoms. The number of aromatic hydroxyl groups is 1. The summed E-state index contributed by atoms with van der Waals surface area (Å²) in [4.78, 5) is 16.3. The number of rotatable bonds is 6. The van der Waals surface area contributed by atoms with E-state index in [-0.39, 0.29) is 23.3 Å². The zero-order valence-corrected chi connectivity index (χ0v) is 13.1. The molecular formula is C15H17N7O2. The van der Waals surface area contributed by atoms with E-state index in [2.05, 4.69) is 25.8 Å². The molecule has 0 aliphatic rings. The average Bonchev–Trinajstić information content (AvgIpc) is 3.28. The van der Waals surface area contributed by atoms with Gasteiger partial charge in [0.25, 0.3) is 5.91 Å². The maximum Gasteiger partial charge on any atom is 0.255 e. The Hall–Kier alpha value is -3.23. The fourth-order valence-electron chi connectivity index (χ4n) is 2.30. The molecule has 0 aliphatic carbocycles. The summed E-state index contributed by atoms with van der Waals surface area (Å²) in [6, 6.07) is 4.83. The second-order valence-electron chi connectivity index (χ2n) is 5.36. The van der Waals surface area contributed by atoms with E-state index in [1.54, 1.807) is 24.7 Å². The van der Waals surface area contributed by atoms with Gasteiger partial charge in [-0.2, -0.15) is 0 Å². The van der Waals surface area contributed by atoms with E-state index in [0.29, 0.717) is 12.2 Å². The van der Waals surface area contributed by atoms with Gasteiger partial charge in [-0.3, -0.25) is 4.79 Å². The summed E-state index contributed by atoms with van der Waals surface area (Å²) in [6.07, 6.45) is 7.51. The van der Waals surface area contributed by atoms with E-state index in [4.69, 9.17) is 0 Å². The van der Waals surface area contributed by atoms with E-state index in [9.17, 15) is 9.90 Å². The summed E-state index contributed by atoms with van der Waals surface area (Å²) >= 11 is 0. The number of hydrogen-bond donors (Lipinski definition) is 2. The molecule has 9 heteroatoms. The first-order chi connectivity index (χ1) is 11.6. The Bertz CT molecular complexity index is 799. The van der Waals surface area contributed by atoms with Crippen molar-refractivity contribution in [2.45, 2.75) is 19.4 Å². The summed E-state index contributed by atoms with van der Waals surface area (Å²) in [6.45, 7) is 2.52. The highest BCUT2D eigenvalue weighted by Crippen LogP contribution is 2.20. The van der Waals surface area contributed by atoms with Crippen molar-refractivity contribution in [1.29, 1.82) is 0 Å². The zero-order chi connectivity index (χ0) is 16.9. The summed E-state index contributed by atoms with van der Waals surface area (Å²) < 4.78 is 3.39. The second-order valence-corrected chi connectivity index (χ2v) is 5.36. The number of carbonyl (C=O) groups excluding carboxylic acids is 1. The third-order valence-electron chi connectivity index (χ3n) is 3.72. The Morgan fingerprint density at radius 1 is 1.38 bits per heavy atom. The minimum atomic E-state index is -0.347. The Labute approximate surface area is 137 Å². The Morgan fingerprint density at radius 3 is 2.96 bits per heavy atom. The molecule has 0 aliphatic heterocycles. The first kappa shape index (κ1) is 15.7. The van der Waals surface area contributed by atoms with Crippen molar-refractivity contribution in [3.8, 4) is 11.4 Å². The number of nitrogens with one attached hydrogen (secondary N) is 1. The van der Waals surface area contributed by atoms with Gasteiger partial charge in [0.15, 0.2) is 0 Å². The molecule has 0 saturated heterocycles. The fourth-order valence-corrected chi connectivity index (χ4v) is 2.30. The molecule has 0 saturated carbocycles. The zero-order valence-electron chi connectivity index (χ0n) is 13.1. The van der Waals surface area contributed by atoms with Crippen molar-refractivity contribution < 1.29 is 9.90 Å². The van der Waals surface area contributed by atoms with Crippen LogP contribution >= 0.6 is 0 Å². The highest BCUT2D eigenvalue weighted by atomic mass is 16.3. The lowest BCUT2D eigenvalue weighted by molar-refractivity contribution is 0.0949. The lowest BCUT2D eigenvalue weighted by Crippen LogP contribution is -2.26. The van der Waals surface area contributed by atoms with Crippen molar-refractivity contribution in [3.05, 3.63) is 48.8 Å². The molecule has 1 aromatic carbocycles. The molecule has 0 radical (unpaired) electrons. The van der Waals surface area contributed by atoms with Crippen molar-refractivity contribution in [2.24, 2.45) is 0 Å². The van der Waals surface area contributed by atoms with Gasteiger partial charge in [0.2, 0.25) is 0 Å². The number of hydrogen-bond acceptors (Lipinski definition) is 6. The van der Waals surface area contributed by atoms with Crippen molar-refractivity contribution >= 4 is 5.91 Å². The molecule has 0 spiro atoms. The Kier molecular flexibility index (Phi) is 4.50. The standard InChI is InChI=1S/C15H17N7O2/c1-11(21-7-6-16-9-21)4-5-17-15(24)13-8-12(2-3-14(13)23)22-10-18-19-20-22/h2-3,6-11,23H,4-5H2,1H3,(H,17,24)/t11-/m1/s1. The SMILES string of the molecule is C[C@H](CCNC(=O)c1cc(-n2cnnn2)ccc1O)n1ccnc1. The van der Waals surface area contributed by atoms with Crippen LogP contribution in [0, 0.1) is 0 Å². The van der Waals surface area contributed by atoms with Crippen LogP contribution in [0.4, 0.5) is 0 Å². The van der Waals surface area contributed by atoms with Crippen LogP contribution in [0.1, 0.15) is 29.7 Å². The van der Waals surface area contributed by atoms with Crippen LogP contribution in [0.15, 0.2) is 43.2 Å². The van der Waals surface area contributed by atoms with Crippen LogP contribution < -0.4 is 5.32 Å². The van der Waals surface area contributed by atoms with Gasteiger partial charge >= 0.3 is 0 Å². The van der Waals surface area contributed by atoms with Gasteiger partial charge in [0.05, 0.1) is 17.6 Å². The minimum absolute atomic E-state index is 0.0908. The van der Waals surface area contributed by atoms with Crippen LogP contribution in [0.5, 0.6) is 5.75 Å². The van der Waals surface area contributed by atoms with E-state index < -0.39 is 0 Å². The van der Waals surface area contributed by atoms with Gasteiger partial charge in [0, 0.05) is 25.0 Å². The van der Waals surface area contributed by atoms with E-state index >= 15 is 0 Å². The average molecular weight is 327 g/mol. The summed E-state index contributed by atoms with van der Waals surface area (Å²) in [7, 11) is 0. The van der Waals surface area contributed by atoms with Gasteiger partial charge in [0.1, 0.15) is 12.1 Å². The van der Waals surface area contributed by atoms with Crippen LogP contribution in [-0.4, -0.2) is 47.3 Å². The Morgan fingerprint density at radius 2 is 2.25 bits per heavy atom. The predicted molar refractivity (Wildman–Crippen MR) is 84.7 cm³/mol. The predicted octanol–water partition coefficient (Wildman–Crippen LogP) is 0.945. The maximum absolute atomic E-state index is 12.3. The molecule has 1 atom stereocenters. The smallest absolute Gasteiger partial charge is 0.255 e. The lowest BCUT2D eigenvalue weighted by Gasteiger charge is -2.14. The molecular weight excluding hydrogens is 310 g/mol. The second kappa shape index (κ2) is 6.90. The normalized spacial score (nSPS) is 12.0. The molecule has 0 fully saturated rings. The summed E-state index contributed by atoms with van der Waals surface area (Å²) in [5, 5.41) is 23.6. The summed E-state index contributed by atoms with van der Waals surface area (Å²) in [5.41, 5.74) is 0.771. The fraction of sp³-hybridized carbons (Fsp3) is 0.267. The van der Waals surface area contributed by atoms with Crippen LogP contribution in [0.3, 0.4) is 0 Å². The van der Waals surface area contributed by atoms with Gasteiger partial charge < -0.3 is 15.0 Å². The number of benzene rings is 1. The molecule has 2 N–H and O–H groups in total. The number of tetrazole rings is 1. The van der Waals surface area contributed by atoms with Gasteiger partial charge in [-0.25, -0.2) is 9.67 Å².